The van der Waals surface area contributed by atoms with Crippen molar-refractivity contribution in [1.82, 2.24) is 0 Å². The molecule has 1 rings (SSSR count). The van der Waals surface area contributed by atoms with E-state index >= 15 is 0 Å². The Bertz CT molecular complexity index is 325. The Kier molecular flexibility index (Phi) is 13.1. The molecule has 0 saturated heterocycles. The van der Waals surface area contributed by atoms with Gasteiger partial charge in [0, 0.05) is 0 Å². The zero-order valence-corrected chi connectivity index (χ0v) is 12.9. The van der Waals surface area contributed by atoms with E-state index < -0.39 is 0 Å². The molecular formula is C17H29NO2. The second kappa shape index (κ2) is 14.1. The molecule has 0 aliphatic heterocycles. The third-order valence-corrected chi connectivity index (χ3v) is 2.87. The molecule has 0 atom stereocenters. The number of carbonyl (C=O) groups excluding carboxylic acids is 1. The van der Waals surface area contributed by atoms with Crippen LogP contribution in [0.1, 0.15) is 51.0 Å². The van der Waals surface area contributed by atoms with Crippen LogP contribution in [0.5, 0.6) is 0 Å². The van der Waals surface area contributed by atoms with Crippen molar-refractivity contribution in [2.24, 2.45) is 5.73 Å². The summed E-state index contributed by atoms with van der Waals surface area (Å²) < 4.78 is 4.83. The number of hydrogen-bond acceptors (Lipinski definition) is 3. The highest BCUT2D eigenvalue weighted by atomic mass is 16.5. The van der Waals surface area contributed by atoms with Crippen LogP contribution in [0.25, 0.3) is 0 Å². The van der Waals surface area contributed by atoms with Crippen LogP contribution in [0.15, 0.2) is 30.3 Å². The fourth-order valence-corrected chi connectivity index (χ4v) is 1.66. The molecule has 0 heterocycles. The summed E-state index contributed by atoms with van der Waals surface area (Å²) in [6.07, 6.45) is 7.23. The molecule has 0 saturated carbocycles. The van der Waals surface area contributed by atoms with Crippen molar-refractivity contribution in [3.63, 3.8) is 0 Å². The van der Waals surface area contributed by atoms with E-state index in [1.165, 1.54) is 31.2 Å². The first kappa shape index (κ1) is 18.7. The molecule has 3 nitrogen and oxygen atoms in total. The monoisotopic (exact) mass is 279 g/mol. The van der Waals surface area contributed by atoms with Crippen LogP contribution in [0, 0.1) is 6.92 Å². The number of rotatable bonds is 8. The Balaban J connectivity index is 0.000000428. The molecule has 1 aromatic rings. The van der Waals surface area contributed by atoms with Gasteiger partial charge in [-0.15, -0.1) is 0 Å². The number of hydrogen-bond donors (Lipinski definition) is 1. The van der Waals surface area contributed by atoms with Crippen molar-refractivity contribution in [2.45, 2.75) is 52.4 Å². The third kappa shape index (κ3) is 13.1. The van der Waals surface area contributed by atoms with Gasteiger partial charge in [0.15, 0.2) is 0 Å². The van der Waals surface area contributed by atoms with Gasteiger partial charge in [-0.25, -0.2) is 0 Å². The zero-order valence-electron chi connectivity index (χ0n) is 12.9. The number of ether oxygens (including phenoxy) is 1. The van der Waals surface area contributed by atoms with Gasteiger partial charge in [-0.2, -0.15) is 0 Å². The quantitative estimate of drug-likeness (QED) is 0.581. The van der Waals surface area contributed by atoms with Crippen molar-refractivity contribution in [3.05, 3.63) is 35.9 Å². The molecule has 0 amide bonds. The summed E-state index contributed by atoms with van der Waals surface area (Å²) in [5.41, 5.74) is 6.40. The predicted molar refractivity (Wildman–Crippen MR) is 84.6 cm³/mol. The van der Waals surface area contributed by atoms with Crippen molar-refractivity contribution in [1.29, 1.82) is 0 Å². The molecule has 1 aromatic carbocycles. The molecule has 0 bridgehead atoms. The third-order valence-electron chi connectivity index (χ3n) is 2.87. The van der Waals surface area contributed by atoms with Crippen molar-refractivity contribution < 1.29 is 9.53 Å². The minimum atomic E-state index is -0.298. The average molecular weight is 279 g/mol. The molecule has 20 heavy (non-hydrogen) atoms. The Morgan fingerprint density at radius 3 is 2.15 bits per heavy atom. The minimum Gasteiger partial charge on any atom is -0.465 e. The van der Waals surface area contributed by atoms with Crippen LogP contribution in [0.2, 0.25) is 0 Å². The second-order valence-corrected chi connectivity index (χ2v) is 4.85. The van der Waals surface area contributed by atoms with E-state index in [-0.39, 0.29) is 12.5 Å². The summed E-state index contributed by atoms with van der Waals surface area (Å²) in [5.74, 6) is -0.298. The molecule has 0 unspecified atom stereocenters. The van der Waals surface area contributed by atoms with Crippen molar-refractivity contribution in [3.8, 4) is 0 Å². The average Bonchev–Trinajstić information content (AvgIpc) is 2.47. The van der Waals surface area contributed by atoms with E-state index in [2.05, 4.69) is 26.0 Å². The number of benzene rings is 1. The van der Waals surface area contributed by atoms with Gasteiger partial charge in [0.2, 0.25) is 0 Å². The lowest BCUT2D eigenvalue weighted by atomic mass is 10.1. The summed E-state index contributed by atoms with van der Waals surface area (Å²) in [6.45, 7) is 4.81. The SMILES string of the molecule is CCCCCCCCOC(=O)CN.Cc1ccccc1. The maximum Gasteiger partial charge on any atom is 0.319 e. The first-order valence-corrected chi connectivity index (χ1v) is 7.58. The molecule has 0 radical (unpaired) electrons. The number of aryl methyl sites for hydroxylation is 1. The maximum atomic E-state index is 10.6. The van der Waals surface area contributed by atoms with E-state index in [0.717, 1.165) is 12.8 Å². The van der Waals surface area contributed by atoms with E-state index in [1.807, 2.05) is 18.2 Å². The van der Waals surface area contributed by atoms with Gasteiger partial charge < -0.3 is 10.5 Å². The van der Waals surface area contributed by atoms with Crippen molar-refractivity contribution >= 4 is 5.97 Å². The lowest BCUT2D eigenvalue weighted by molar-refractivity contribution is -0.142. The van der Waals surface area contributed by atoms with E-state index in [0.29, 0.717) is 6.61 Å². The summed E-state index contributed by atoms with van der Waals surface area (Å²) in [7, 11) is 0. The molecule has 2 N–H and O–H groups in total. The smallest absolute Gasteiger partial charge is 0.319 e. The molecule has 3 heteroatoms. The molecule has 0 aliphatic rings. The van der Waals surface area contributed by atoms with E-state index in [1.54, 1.807) is 0 Å². The fraction of sp³-hybridized carbons (Fsp3) is 0.588. The van der Waals surface area contributed by atoms with Gasteiger partial charge in [-0.05, 0) is 13.3 Å². The lowest BCUT2D eigenvalue weighted by Crippen LogP contribution is -2.17. The Morgan fingerprint density at radius 2 is 1.65 bits per heavy atom. The number of unbranched alkanes of at least 4 members (excludes halogenated alkanes) is 5. The van der Waals surface area contributed by atoms with Gasteiger partial charge in [0.05, 0.1) is 13.2 Å². The van der Waals surface area contributed by atoms with E-state index in [4.69, 9.17) is 10.5 Å². The molecular weight excluding hydrogens is 250 g/mol. The van der Waals surface area contributed by atoms with Gasteiger partial charge in [0.25, 0.3) is 0 Å². The Morgan fingerprint density at radius 1 is 1.05 bits per heavy atom. The van der Waals surface area contributed by atoms with Crippen LogP contribution < -0.4 is 5.73 Å². The summed E-state index contributed by atoms with van der Waals surface area (Å²) >= 11 is 0. The number of nitrogens with two attached hydrogens (primary N) is 1. The van der Waals surface area contributed by atoms with Crippen LogP contribution >= 0.6 is 0 Å². The standard InChI is InChI=1S/C10H21NO2.C7H8/c1-2-3-4-5-6-7-8-13-10(12)9-11;1-7-5-3-2-4-6-7/h2-9,11H2,1H3;2-6H,1H3. The van der Waals surface area contributed by atoms with Gasteiger partial charge in [-0.3, -0.25) is 4.79 Å². The Labute approximate surface area is 123 Å². The summed E-state index contributed by atoms with van der Waals surface area (Å²) in [5, 5.41) is 0. The first-order chi connectivity index (χ1) is 9.70. The number of esters is 1. The fourth-order valence-electron chi connectivity index (χ4n) is 1.66. The topological polar surface area (TPSA) is 52.3 Å². The normalized spacial score (nSPS) is 9.55. The highest BCUT2D eigenvalue weighted by molar-refractivity contribution is 5.71. The van der Waals surface area contributed by atoms with E-state index in [9.17, 15) is 4.79 Å². The zero-order chi connectivity index (χ0) is 15.1. The van der Waals surface area contributed by atoms with Gasteiger partial charge in [0.1, 0.15) is 0 Å². The number of carbonyl (C=O) groups is 1. The summed E-state index contributed by atoms with van der Waals surface area (Å²) in [4.78, 5) is 10.6. The second-order valence-electron chi connectivity index (χ2n) is 4.85. The first-order valence-electron chi connectivity index (χ1n) is 7.58. The van der Waals surface area contributed by atoms with Crippen LogP contribution in [0.3, 0.4) is 0 Å². The lowest BCUT2D eigenvalue weighted by Gasteiger charge is -2.02. The molecule has 0 aromatic heterocycles. The van der Waals surface area contributed by atoms with Crippen molar-refractivity contribution in [2.75, 3.05) is 13.2 Å². The molecule has 0 aliphatic carbocycles. The maximum absolute atomic E-state index is 10.6. The predicted octanol–water partition coefficient (Wildman–Crippen LogP) is 3.84. The highest BCUT2D eigenvalue weighted by Gasteiger charge is 1.96. The van der Waals surface area contributed by atoms with Crippen LogP contribution in [-0.4, -0.2) is 19.1 Å². The molecule has 114 valence electrons. The van der Waals surface area contributed by atoms with Crippen LogP contribution in [-0.2, 0) is 9.53 Å². The molecule has 0 fully saturated rings. The van der Waals surface area contributed by atoms with Gasteiger partial charge in [-0.1, -0.05) is 74.9 Å². The molecule has 0 spiro atoms. The Hall–Kier alpha value is -1.35. The van der Waals surface area contributed by atoms with Gasteiger partial charge >= 0.3 is 5.97 Å². The minimum absolute atomic E-state index is 0.00413. The highest BCUT2D eigenvalue weighted by Crippen LogP contribution is 2.04. The summed E-state index contributed by atoms with van der Waals surface area (Å²) in [6, 6.07) is 10.3. The largest absolute Gasteiger partial charge is 0.465 e. The van der Waals surface area contributed by atoms with Crippen LogP contribution in [0.4, 0.5) is 0 Å².